The van der Waals surface area contributed by atoms with E-state index < -0.39 is 0 Å². The molecule has 1 nitrogen and oxygen atoms in total. The first-order valence-corrected chi connectivity index (χ1v) is 7.42. The van der Waals surface area contributed by atoms with Crippen LogP contribution in [0.4, 0.5) is 0 Å². The van der Waals surface area contributed by atoms with Gasteiger partial charge in [0.25, 0.3) is 0 Å². The minimum atomic E-state index is 0.355. The maximum atomic E-state index is 5.88. The second-order valence-electron chi connectivity index (χ2n) is 4.94. The molecule has 0 aromatic heterocycles. The Morgan fingerprint density at radius 2 is 2.07 bits per heavy atom. The highest BCUT2D eigenvalue weighted by Crippen LogP contribution is 2.35. The molecule has 1 aliphatic rings. The van der Waals surface area contributed by atoms with Crippen LogP contribution in [-0.2, 0) is 4.74 Å². The molecule has 3 atom stereocenters. The third-order valence-corrected chi connectivity index (χ3v) is 4.40. The highest BCUT2D eigenvalue weighted by atomic mass is 32.2. The molecule has 1 saturated carbocycles. The van der Waals surface area contributed by atoms with E-state index >= 15 is 0 Å². The summed E-state index contributed by atoms with van der Waals surface area (Å²) in [7, 11) is 0. The van der Waals surface area contributed by atoms with Gasteiger partial charge in [0.2, 0.25) is 4.38 Å². The molecule has 1 rings (SSSR count). The molecule has 0 aromatic rings. The van der Waals surface area contributed by atoms with Crippen LogP contribution in [0.25, 0.3) is 0 Å². The zero-order chi connectivity index (χ0) is 11.4. The van der Waals surface area contributed by atoms with Crippen LogP contribution in [0.1, 0.15) is 40.0 Å². The third-order valence-electron chi connectivity index (χ3n) is 3.38. The van der Waals surface area contributed by atoms with Gasteiger partial charge in [0.15, 0.2) is 0 Å². The summed E-state index contributed by atoms with van der Waals surface area (Å²) in [5.41, 5.74) is 0. The van der Waals surface area contributed by atoms with Crippen molar-refractivity contribution in [1.82, 2.24) is 0 Å². The van der Waals surface area contributed by atoms with Gasteiger partial charge in [-0.2, -0.15) is 0 Å². The standard InChI is InChI=1S/C12H22OS2/c1-8(2)10-6-5-9(3)7-11(10)13-12(14)15-4/h8-11H,5-7H2,1-4H3/t9-,10-,11+/m1/s1. The Hall–Kier alpha value is 0.240. The molecular formula is C12H22OS2. The summed E-state index contributed by atoms with van der Waals surface area (Å²) in [6.07, 6.45) is 6.14. The summed E-state index contributed by atoms with van der Waals surface area (Å²) in [6, 6.07) is 0. The molecule has 0 heterocycles. The minimum Gasteiger partial charge on any atom is -0.475 e. The predicted octanol–water partition coefficient (Wildman–Crippen LogP) is 4.11. The van der Waals surface area contributed by atoms with Gasteiger partial charge in [-0.05, 0) is 49.1 Å². The van der Waals surface area contributed by atoms with Gasteiger partial charge in [-0.15, -0.1) is 0 Å². The van der Waals surface area contributed by atoms with Gasteiger partial charge in [0.05, 0.1) is 0 Å². The Balaban J connectivity index is 2.57. The molecule has 0 unspecified atom stereocenters. The van der Waals surface area contributed by atoms with E-state index in [1.807, 2.05) is 6.26 Å². The topological polar surface area (TPSA) is 9.23 Å². The minimum absolute atomic E-state index is 0.355. The fourth-order valence-corrected chi connectivity index (χ4v) is 2.77. The summed E-state index contributed by atoms with van der Waals surface area (Å²) in [5, 5.41) is 0. The number of thioether (sulfide) groups is 1. The van der Waals surface area contributed by atoms with Crippen molar-refractivity contribution in [3.63, 3.8) is 0 Å². The highest BCUT2D eigenvalue weighted by Gasteiger charge is 2.32. The Morgan fingerprint density at radius 3 is 2.60 bits per heavy atom. The van der Waals surface area contributed by atoms with Crippen molar-refractivity contribution in [2.45, 2.75) is 46.1 Å². The monoisotopic (exact) mass is 246 g/mol. The lowest BCUT2D eigenvalue weighted by Gasteiger charge is -2.37. The Morgan fingerprint density at radius 1 is 1.40 bits per heavy atom. The number of hydrogen-bond acceptors (Lipinski definition) is 3. The van der Waals surface area contributed by atoms with Crippen LogP contribution in [-0.4, -0.2) is 16.7 Å². The summed E-state index contributed by atoms with van der Waals surface area (Å²) >= 11 is 6.70. The molecular weight excluding hydrogens is 224 g/mol. The lowest BCUT2D eigenvalue weighted by Crippen LogP contribution is -2.35. The van der Waals surface area contributed by atoms with Crippen LogP contribution in [0.15, 0.2) is 0 Å². The van der Waals surface area contributed by atoms with Crippen molar-refractivity contribution >= 4 is 28.4 Å². The zero-order valence-corrected chi connectivity index (χ0v) is 11.8. The number of thiocarbonyl (C=S) groups is 1. The van der Waals surface area contributed by atoms with E-state index in [0.717, 1.165) is 5.92 Å². The van der Waals surface area contributed by atoms with Gasteiger partial charge in [0.1, 0.15) is 6.10 Å². The maximum absolute atomic E-state index is 5.88. The third kappa shape index (κ3) is 3.95. The molecule has 0 N–H and O–H groups in total. The fourth-order valence-electron chi connectivity index (χ4n) is 2.42. The molecule has 3 heteroatoms. The summed E-state index contributed by atoms with van der Waals surface area (Å²) in [4.78, 5) is 0. The van der Waals surface area contributed by atoms with Gasteiger partial charge >= 0.3 is 0 Å². The molecule has 15 heavy (non-hydrogen) atoms. The average Bonchev–Trinajstić information content (AvgIpc) is 2.17. The second-order valence-corrected chi connectivity index (χ2v) is 6.34. The number of rotatable bonds is 2. The molecule has 0 bridgehead atoms. The molecule has 1 aliphatic carbocycles. The number of hydrogen-bond donors (Lipinski definition) is 0. The van der Waals surface area contributed by atoms with E-state index in [1.165, 1.54) is 19.3 Å². The Labute approximate surface area is 103 Å². The van der Waals surface area contributed by atoms with Crippen molar-refractivity contribution in [3.05, 3.63) is 0 Å². The van der Waals surface area contributed by atoms with Gasteiger partial charge in [-0.3, -0.25) is 0 Å². The van der Waals surface area contributed by atoms with Crippen molar-refractivity contribution in [3.8, 4) is 0 Å². The Kier molecular flexibility index (Phi) is 5.41. The average molecular weight is 246 g/mol. The van der Waals surface area contributed by atoms with E-state index in [2.05, 4.69) is 20.8 Å². The van der Waals surface area contributed by atoms with Crippen LogP contribution in [0, 0.1) is 17.8 Å². The zero-order valence-electron chi connectivity index (χ0n) is 10.2. The van der Waals surface area contributed by atoms with Gasteiger partial charge in [0, 0.05) is 0 Å². The molecule has 1 fully saturated rings. The molecule has 88 valence electrons. The first kappa shape index (κ1) is 13.3. The van der Waals surface area contributed by atoms with Gasteiger partial charge in [-0.1, -0.05) is 39.0 Å². The maximum Gasteiger partial charge on any atom is 0.219 e. The van der Waals surface area contributed by atoms with Crippen LogP contribution in [0.5, 0.6) is 0 Å². The van der Waals surface area contributed by atoms with E-state index in [0.29, 0.717) is 22.3 Å². The van der Waals surface area contributed by atoms with Gasteiger partial charge in [-0.25, -0.2) is 0 Å². The molecule has 0 radical (unpaired) electrons. The van der Waals surface area contributed by atoms with Crippen molar-refractivity contribution in [2.75, 3.05) is 6.26 Å². The van der Waals surface area contributed by atoms with Crippen molar-refractivity contribution in [2.24, 2.45) is 17.8 Å². The number of ether oxygens (including phenoxy) is 1. The van der Waals surface area contributed by atoms with Crippen LogP contribution in [0.2, 0.25) is 0 Å². The lowest BCUT2D eigenvalue weighted by atomic mass is 9.75. The fraction of sp³-hybridized carbons (Fsp3) is 0.917. The first-order valence-electron chi connectivity index (χ1n) is 5.79. The van der Waals surface area contributed by atoms with E-state index in [-0.39, 0.29) is 0 Å². The van der Waals surface area contributed by atoms with E-state index in [4.69, 9.17) is 17.0 Å². The predicted molar refractivity (Wildman–Crippen MR) is 72.3 cm³/mol. The van der Waals surface area contributed by atoms with Crippen LogP contribution < -0.4 is 0 Å². The molecule has 0 spiro atoms. The molecule has 0 saturated heterocycles. The normalized spacial score (nSPS) is 31.7. The molecule has 0 aromatic carbocycles. The van der Waals surface area contributed by atoms with E-state index in [9.17, 15) is 0 Å². The summed E-state index contributed by atoms with van der Waals surface area (Å²) in [6.45, 7) is 6.90. The second kappa shape index (κ2) is 6.09. The van der Waals surface area contributed by atoms with E-state index in [1.54, 1.807) is 11.8 Å². The van der Waals surface area contributed by atoms with Crippen LogP contribution >= 0.6 is 24.0 Å². The lowest BCUT2D eigenvalue weighted by molar-refractivity contribution is 0.0428. The molecule has 0 aliphatic heterocycles. The summed E-state index contributed by atoms with van der Waals surface area (Å²) < 4.78 is 6.59. The summed E-state index contributed by atoms with van der Waals surface area (Å²) in [5.74, 6) is 2.17. The first-order chi connectivity index (χ1) is 7.04. The van der Waals surface area contributed by atoms with Crippen molar-refractivity contribution < 1.29 is 4.74 Å². The smallest absolute Gasteiger partial charge is 0.219 e. The Bertz CT molecular complexity index is 216. The largest absolute Gasteiger partial charge is 0.475 e. The van der Waals surface area contributed by atoms with Crippen LogP contribution in [0.3, 0.4) is 0 Å². The quantitative estimate of drug-likeness (QED) is 0.679. The SMILES string of the molecule is CSC(=S)O[C@H]1C[C@H](C)CC[C@@H]1C(C)C. The molecule has 0 amide bonds. The van der Waals surface area contributed by atoms with Crippen molar-refractivity contribution in [1.29, 1.82) is 0 Å². The van der Waals surface area contributed by atoms with Gasteiger partial charge < -0.3 is 4.74 Å². The highest BCUT2D eigenvalue weighted by molar-refractivity contribution is 8.22.